The number of amides is 1. The van der Waals surface area contributed by atoms with E-state index in [-0.39, 0.29) is 17.5 Å². The van der Waals surface area contributed by atoms with Gasteiger partial charge in [-0.15, -0.1) is 0 Å². The molecule has 2 aromatic heterocycles. The number of H-pyrrole nitrogens is 1. The van der Waals surface area contributed by atoms with Gasteiger partial charge < -0.3 is 10.3 Å². The lowest BCUT2D eigenvalue weighted by molar-refractivity contribution is -0.122. The smallest absolute Gasteiger partial charge is 0.242 e. The van der Waals surface area contributed by atoms with Crippen LogP contribution in [-0.2, 0) is 24.3 Å². The summed E-state index contributed by atoms with van der Waals surface area (Å²) in [5, 5.41) is 7.14. The molecule has 0 bridgehead atoms. The highest BCUT2D eigenvalue weighted by molar-refractivity contribution is 6.30. The number of imidazole rings is 1. The standard InChI is InChI=1S/C16H16ClFN6O/c1-2-14-22-16(10-3-4-12(17)13(18)5-10)23-24(14)8-15(25)20-7-11-6-19-9-21-11/h3-6,9H,2,7-8H2,1H3,(H,19,21)(H,20,25). The highest BCUT2D eigenvalue weighted by atomic mass is 35.5. The second kappa shape index (κ2) is 7.43. The summed E-state index contributed by atoms with van der Waals surface area (Å²) in [6, 6.07) is 4.37. The van der Waals surface area contributed by atoms with Crippen LogP contribution in [0, 0.1) is 5.82 Å². The van der Waals surface area contributed by atoms with Crippen molar-refractivity contribution in [1.29, 1.82) is 0 Å². The van der Waals surface area contributed by atoms with Gasteiger partial charge in [-0.05, 0) is 18.2 Å². The zero-order chi connectivity index (χ0) is 17.8. The Morgan fingerprint density at radius 1 is 1.44 bits per heavy atom. The molecule has 9 heteroatoms. The van der Waals surface area contributed by atoms with Crippen LogP contribution in [0.5, 0.6) is 0 Å². The largest absolute Gasteiger partial charge is 0.349 e. The number of hydrogen-bond acceptors (Lipinski definition) is 4. The molecule has 0 aliphatic carbocycles. The minimum atomic E-state index is -0.536. The number of benzene rings is 1. The van der Waals surface area contributed by atoms with E-state index >= 15 is 0 Å². The third-order valence-corrected chi connectivity index (χ3v) is 3.87. The highest BCUT2D eigenvalue weighted by Gasteiger charge is 2.14. The summed E-state index contributed by atoms with van der Waals surface area (Å²) in [5.74, 6) is 0.254. The zero-order valence-electron chi connectivity index (χ0n) is 13.5. The molecule has 0 aliphatic rings. The molecule has 130 valence electrons. The SMILES string of the molecule is CCc1nc(-c2ccc(Cl)c(F)c2)nn1CC(=O)NCc1cnc[nH]1. The van der Waals surface area contributed by atoms with Crippen molar-refractivity contribution in [3.05, 3.63) is 53.1 Å². The average Bonchev–Trinajstić information content (AvgIpc) is 3.25. The molecule has 3 rings (SSSR count). The van der Waals surface area contributed by atoms with E-state index in [1.54, 1.807) is 18.6 Å². The number of halogens is 2. The van der Waals surface area contributed by atoms with Crippen LogP contribution in [-0.4, -0.2) is 30.6 Å². The Kier molecular flexibility index (Phi) is 5.08. The number of aromatic amines is 1. The summed E-state index contributed by atoms with van der Waals surface area (Å²) < 4.78 is 15.2. The van der Waals surface area contributed by atoms with Crippen LogP contribution in [0.2, 0.25) is 5.02 Å². The quantitative estimate of drug-likeness (QED) is 0.704. The number of carbonyl (C=O) groups excluding carboxylic acids is 1. The summed E-state index contributed by atoms with van der Waals surface area (Å²) in [5.41, 5.74) is 1.31. The van der Waals surface area contributed by atoms with E-state index in [0.29, 0.717) is 30.2 Å². The Bertz CT molecular complexity index is 877. The first kappa shape index (κ1) is 17.1. The van der Waals surface area contributed by atoms with Gasteiger partial charge in [0.15, 0.2) is 5.82 Å². The Hall–Kier alpha value is -2.74. The lowest BCUT2D eigenvalue weighted by atomic mass is 10.2. The van der Waals surface area contributed by atoms with E-state index in [4.69, 9.17) is 11.6 Å². The van der Waals surface area contributed by atoms with Crippen molar-refractivity contribution in [2.75, 3.05) is 0 Å². The lowest BCUT2D eigenvalue weighted by Crippen LogP contribution is -2.28. The fourth-order valence-corrected chi connectivity index (χ4v) is 2.40. The first-order chi connectivity index (χ1) is 12.1. The van der Waals surface area contributed by atoms with Gasteiger partial charge in [-0.2, -0.15) is 5.10 Å². The van der Waals surface area contributed by atoms with Gasteiger partial charge in [0.25, 0.3) is 0 Å². The molecule has 0 fully saturated rings. The maximum atomic E-state index is 13.6. The summed E-state index contributed by atoms with van der Waals surface area (Å²) >= 11 is 5.70. The van der Waals surface area contributed by atoms with Gasteiger partial charge in [0, 0.05) is 18.2 Å². The van der Waals surface area contributed by atoms with Crippen LogP contribution < -0.4 is 5.32 Å². The van der Waals surface area contributed by atoms with Crippen molar-refractivity contribution >= 4 is 17.5 Å². The first-order valence-electron chi connectivity index (χ1n) is 7.70. The van der Waals surface area contributed by atoms with Gasteiger partial charge in [0.05, 0.1) is 23.6 Å². The minimum Gasteiger partial charge on any atom is -0.349 e. The van der Waals surface area contributed by atoms with Crippen molar-refractivity contribution in [3.63, 3.8) is 0 Å². The molecular weight excluding hydrogens is 347 g/mol. The van der Waals surface area contributed by atoms with Gasteiger partial charge in [-0.3, -0.25) is 4.79 Å². The van der Waals surface area contributed by atoms with Gasteiger partial charge in [0.2, 0.25) is 5.91 Å². The average molecular weight is 363 g/mol. The van der Waals surface area contributed by atoms with Crippen LogP contribution in [0.15, 0.2) is 30.7 Å². The van der Waals surface area contributed by atoms with Crippen LogP contribution in [0.1, 0.15) is 18.4 Å². The number of carbonyl (C=O) groups is 1. The second-order valence-electron chi connectivity index (χ2n) is 5.35. The number of rotatable bonds is 6. The van der Waals surface area contributed by atoms with E-state index in [9.17, 15) is 9.18 Å². The molecule has 0 atom stereocenters. The molecule has 2 N–H and O–H groups in total. The van der Waals surface area contributed by atoms with Crippen molar-refractivity contribution < 1.29 is 9.18 Å². The molecule has 0 radical (unpaired) electrons. The van der Waals surface area contributed by atoms with Gasteiger partial charge in [-0.25, -0.2) is 19.0 Å². The topological polar surface area (TPSA) is 88.5 Å². The number of aromatic nitrogens is 5. The van der Waals surface area contributed by atoms with Crippen molar-refractivity contribution in [2.24, 2.45) is 0 Å². The summed E-state index contributed by atoms with van der Waals surface area (Å²) in [6.45, 7) is 2.29. The number of aryl methyl sites for hydroxylation is 1. The predicted octanol–water partition coefficient (Wildman–Crippen LogP) is 2.34. The molecule has 0 saturated carbocycles. The third-order valence-electron chi connectivity index (χ3n) is 3.57. The Morgan fingerprint density at radius 2 is 2.28 bits per heavy atom. The molecule has 0 saturated heterocycles. The third kappa shape index (κ3) is 4.03. The fourth-order valence-electron chi connectivity index (χ4n) is 2.29. The van der Waals surface area contributed by atoms with E-state index in [0.717, 1.165) is 5.69 Å². The Labute approximate surface area is 148 Å². The molecule has 0 unspecified atom stereocenters. The van der Waals surface area contributed by atoms with Gasteiger partial charge >= 0.3 is 0 Å². The lowest BCUT2D eigenvalue weighted by Gasteiger charge is -2.05. The predicted molar refractivity (Wildman–Crippen MR) is 90.2 cm³/mol. The normalized spacial score (nSPS) is 10.8. The molecule has 0 spiro atoms. The molecule has 7 nitrogen and oxygen atoms in total. The van der Waals surface area contributed by atoms with Crippen LogP contribution in [0.4, 0.5) is 4.39 Å². The van der Waals surface area contributed by atoms with Crippen LogP contribution in [0.25, 0.3) is 11.4 Å². The number of nitrogens with zero attached hydrogens (tertiary/aromatic N) is 4. The molecule has 25 heavy (non-hydrogen) atoms. The molecule has 1 aromatic carbocycles. The maximum Gasteiger partial charge on any atom is 0.242 e. The van der Waals surface area contributed by atoms with E-state index in [1.807, 2.05) is 6.92 Å². The van der Waals surface area contributed by atoms with Gasteiger partial charge in [0.1, 0.15) is 18.2 Å². The molecule has 3 aromatic rings. The summed E-state index contributed by atoms with van der Waals surface area (Å²) in [4.78, 5) is 23.3. The Morgan fingerprint density at radius 3 is 2.96 bits per heavy atom. The molecule has 0 aliphatic heterocycles. The maximum absolute atomic E-state index is 13.6. The van der Waals surface area contributed by atoms with E-state index in [2.05, 4.69) is 25.4 Å². The van der Waals surface area contributed by atoms with Gasteiger partial charge in [-0.1, -0.05) is 18.5 Å². The van der Waals surface area contributed by atoms with Crippen molar-refractivity contribution in [3.8, 4) is 11.4 Å². The summed E-state index contributed by atoms with van der Waals surface area (Å²) in [6.07, 6.45) is 3.78. The monoisotopic (exact) mass is 362 g/mol. The molecule has 1 amide bonds. The molecular formula is C16H16ClFN6O. The Balaban J connectivity index is 1.73. The molecule has 2 heterocycles. The zero-order valence-corrected chi connectivity index (χ0v) is 14.2. The number of hydrogen-bond donors (Lipinski definition) is 2. The van der Waals surface area contributed by atoms with Crippen LogP contribution in [0.3, 0.4) is 0 Å². The van der Waals surface area contributed by atoms with E-state index in [1.165, 1.54) is 16.8 Å². The fraction of sp³-hybridized carbons (Fsp3) is 0.250. The second-order valence-corrected chi connectivity index (χ2v) is 5.75. The minimum absolute atomic E-state index is 0.0282. The van der Waals surface area contributed by atoms with Crippen LogP contribution >= 0.6 is 11.6 Å². The highest BCUT2D eigenvalue weighted by Crippen LogP contribution is 2.22. The van der Waals surface area contributed by atoms with Crippen molar-refractivity contribution in [2.45, 2.75) is 26.4 Å². The van der Waals surface area contributed by atoms with E-state index < -0.39 is 5.82 Å². The first-order valence-corrected chi connectivity index (χ1v) is 8.07. The number of nitrogens with one attached hydrogen (secondary N) is 2. The summed E-state index contributed by atoms with van der Waals surface area (Å²) in [7, 11) is 0. The van der Waals surface area contributed by atoms with Crippen molar-refractivity contribution in [1.82, 2.24) is 30.0 Å².